The fourth-order valence-corrected chi connectivity index (χ4v) is 2.05. The van der Waals surface area contributed by atoms with Crippen LogP contribution >= 0.6 is 12.4 Å². The molecule has 0 spiro atoms. The standard InChI is InChI=1S/3CH3O.ClH.Hf/c3*1-2;;/h3*1H3;1H;/q3*-1;;+3. The predicted octanol–water partition coefficient (Wildman–Crippen LogP) is 0.711. The van der Waals surface area contributed by atoms with E-state index in [0.717, 1.165) is 0 Å². The summed E-state index contributed by atoms with van der Waals surface area (Å²) in [6.07, 6.45) is 0. The van der Waals surface area contributed by atoms with E-state index in [1.54, 1.807) is 21.3 Å². The minimum Gasteiger partial charge on any atom is -0.147 e. The van der Waals surface area contributed by atoms with Crippen LogP contribution in [0.3, 0.4) is 0 Å². The molecule has 3 nitrogen and oxygen atoms in total. The summed E-state index contributed by atoms with van der Waals surface area (Å²) < 4.78 is 14.5. The third-order valence-electron chi connectivity index (χ3n) is 0.500. The van der Waals surface area contributed by atoms with Crippen molar-refractivity contribution in [1.82, 2.24) is 0 Å². The van der Waals surface area contributed by atoms with Crippen LogP contribution in [0.4, 0.5) is 0 Å². The van der Waals surface area contributed by atoms with Gasteiger partial charge < -0.3 is 0 Å². The zero-order valence-corrected chi connectivity index (χ0v) is 9.54. The Bertz CT molecular complexity index is 36.0. The van der Waals surface area contributed by atoms with E-state index in [2.05, 4.69) is 0 Å². The molecule has 0 fully saturated rings. The van der Waals surface area contributed by atoms with Crippen LogP contribution < -0.4 is 0 Å². The van der Waals surface area contributed by atoms with Gasteiger partial charge in [-0.05, 0) is 0 Å². The third kappa shape index (κ3) is 5.18. The zero-order chi connectivity index (χ0) is 5.70. The average Bonchev–Trinajstić information content (AvgIpc) is 1.72. The van der Waals surface area contributed by atoms with Crippen molar-refractivity contribution in [2.75, 3.05) is 21.3 Å². The summed E-state index contributed by atoms with van der Waals surface area (Å²) in [5.74, 6) is 0. The van der Waals surface area contributed by atoms with Crippen LogP contribution in [-0.2, 0) is 31.3 Å². The van der Waals surface area contributed by atoms with Gasteiger partial charge in [-0.25, -0.2) is 0 Å². The third-order valence-corrected chi connectivity index (χ3v) is 4.09. The van der Waals surface area contributed by atoms with Crippen molar-refractivity contribution in [3.05, 3.63) is 0 Å². The van der Waals surface area contributed by atoms with Gasteiger partial charge in [0, 0.05) is 0 Å². The minimum absolute atomic E-state index is 0. The number of hydrogen-bond donors (Lipinski definition) is 0. The van der Waals surface area contributed by atoms with Crippen LogP contribution in [0.2, 0.25) is 0 Å². The van der Waals surface area contributed by atoms with Gasteiger partial charge in [0.15, 0.2) is 0 Å². The van der Waals surface area contributed by atoms with Crippen LogP contribution in [-0.4, -0.2) is 21.3 Å². The molecule has 0 unspecified atom stereocenters. The molecule has 0 rings (SSSR count). The molecule has 5 heteroatoms. The van der Waals surface area contributed by atoms with Gasteiger partial charge in [0.1, 0.15) is 0 Å². The summed E-state index contributed by atoms with van der Waals surface area (Å²) in [7, 11) is 4.82. The van der Waals surface area contributed by atoms with E-state index in [-0.39, 0.29) is 12.4 Å². The summed E-state index contributed by atoms with van der Waals surface area (Å²) in [4.78, 5) is 0. The van der Waals surface area contributed by atoms with Crippen molar-refractivity contribution >= 4 is 12.4 Å². The number of rotatable bonds is 3. The molecule has 0 saturated heterocycles. The summed E-state index contributed by atoms with van der Waals surface area (Å²) in [5.41, 5.74) is 0. The Hall–Kier alpha value is 1.04. The maximum atomic E-state index is 4.82. The molecular weight excluding hydrogens is 298 g/mol. The fourth-order valence-electron chi connectivity index (χ4n) is 0.250. The Labute approximate surface area is 65.1 Å². The van der Waals surface area contributed by atoms with E-state index in [1.807, 2.05) is 0 Å². The molecule has 0 aliphatic carbocycles. The van der Waals surface area contributed by atoms with Crippen molar-refractivity contribution in [3.8, 4) is 0 Å². The Balaban J connectivity index is 0. The molecule has 0 saturated carbocycles. The molecule has 0 radical (unpaired) electrons. The van der Waals surface area contributed by atoms with Crippen molar-refractivity contribution in [1.29, 1.82) is 0 Å². The fraction of sp³-hybridized carbons (Fsp3) is 1.00. The first-order valence-corrected chi connectivity index (χ1v) is 6.24. The van der Waals surface area contributed by atoms with E-state index in [9.17, 15) is 0 Å². The van der Waals surface area contributed by atoms with E-state index >= 15 is 0 Å². The molecule has 0 aromatic heterocycles. The zero-order valence-electron chi connectivity index (χ0n) is 5.13. The number of halogens is 1. The SMILES string of the molecule is C[O][Hf]([O]C)[O]C.Cl. The molecule has 0 heterocycles. The molecule has 0 aliphatic rings. The van der Waals surface area contributed by atoms with Crippen LogP contribution in [0.15, 0.2) is 0 Å². The smallest absolute Gasteiger partial charge is 0.147 e. The van der Waals surface area contributed by atoms with Gasteiger partial charge in [0.2, 0.25) is 0 Å². The second-order valence-electron chi connectivity index (χ2n) is 0.862. The number of hydrogen-bond acceptors (Lipinski definition) is 3. The maximum Gasteiger partial charge on any atom is -0.147 e. The van der Waals surface area contributed by atoms with E-state index in [4.69, 9.17) is 8.56 Å². The monoisotopic (exact) mass is 309 g/mol. The van der Waals surface area contributed by atoms with Gasteiger partial charge in [0.05, 0.1) is 0 Å². The van der Waals surface area contributed by atoms with Gasteiger partial charge in [-0.2, -0.15) is 0 Å². The first-order chi connectivity index (χ1) is 3.35. The van der Waals surface area contributed by atoms with Gasteiger partial charge in [-0.3, -0.25) is 0 Å². The largest absolute Gasteiger partial charge is 0.147 e. The Morgan fingerprint density at radius 2 is 1.12 bits per heavy atom. The van der Waals surface area contributed by atoms with Gasteiger partial charge in [0.25, 0.3) is 0 Å². The molecule has 0 aromatic carbocycles. The normalized spacial score (nSPS) is 7.88. The molecule has 0 amide bonds. The summed E-state index contributed by atoms with van der Waals surface area (Å²) in [5, 5.41) is 0. The van der Waals surface area contributed by atoms with Crippen molar-refractivity contribution in [2.24, 2.45) is 0 Å². The first-order valence-electron chi connectivity index (χ1n) is 1.84. The summed E-state index contributed by atoms with van der Waals surface area (Å²) in [6.45, 7) is 0. The Kier molecular flexibility index (Phi) is 11.8. The Morgan fingerprint density at radius 1 is 0.875 bits per heavy atom. The first kappa shape index (κ1) is 11.8. The maximum absolute atomic E-state index is 4.82. The van der Waals surface area contributed by atoms with Crippen LogP contribution in [0.5, 0.6) is 0 Å². The van der Waals surface area contributed by atoms with Crippen molar-refractivity contribution < 1.29 is 31.3 Å². The van der Waals surface area contributed by atoms with E-state index in [0.29, 0.717) is 0 Å². The second kappa shape index (κ2) is 8.04. The van der Waals surface area contributed by atoms with Crippen LogP contribution in [0.25, 0.3) is 0 Å². The Morgan fingerprint density at radius 3 is 1.12 bits per heavy atom. The molecule has 8 heavy (non-hydrogen) atoms. The topological polar surface area (TPSA) is 27.7 Å². The van der Waals surface area contributed by atoms with E-state index < -0.39 is 22.7 Å². The molecule has 0 N–H and O–H groups in total. The van der Waals surface area contributed by atoms with Gasteiger partial charge >= 0.3 is 52.6 Å². The molecule has 0 bridgehead atoms. The summed E-state index contributed by atoms with van der Waals surface area (Å²) in [6, 6.07) is 0. The minimum atomic E-state index is -2.29. The molecular formula is C3H10ClHfO3. The molecule has 0 aromatic rings. The van der Waals surface area contributed by atoms with Crippen LogP contribution in [0.1, 0.15) is 0 Å². The second-order valence-corrected chi connectivity index (χ2v) is 7.06. The van der Waals surface area contributed by atoms with E-state index in [1.165, 1.54) is 0 Å². The van der Waals surface area contributed by atoms with Crippen molar-refractivity contribution in [2.45, 2.75) is 0 Å². The summed E-state index contributed by atoms with van der Waals surface area (Å²) >= 11 is -2.29. The quantitative estimate of drug-likeness (QED) is 0.719. The molecule has 0 aliphatic heterocycles. The van der Waals surface area contributed by atoms with Gasteiger partial charge in [-0.15, -0.1) is 12.4 Å². The average molecular weight is 308 g/mol. The van der Waals surface area contributed by atoms with Gasteiger partial charge in [-0.1, -0.05) is 0 Å². The van der Waals surface area contributed by atoms with Crippen LogP contribution in [0, 0.1) is 0 Å². The molecule has 51 valence electrons. The van der Waals surface area contributed by atoms with Crippen molar-refractivity contribution in [3.63, 3.8) is 0 Å². The predicted molar refractivity (Wildman–Crippen MR) is 28.3 cm³/mol. The molecule has 0 atom stereocenters.